The van der Waals surface area contributed by atoms with E-state index in [1.54, 1.807) is 13.0 Å². The molecule has 0 bridgehead atoms. The van der Waals surface area contributed by atoms with E-state index in [0.717, 1.165) is 49.5 Å². The molecule has 8 heteroatoms. The van der Waals surface area contributed by atoms with Crippen molar-refractivity contribution in [3.05, 3.63) is 35.2 Å². The third-order valence-electron chi connectivity index (χ3n) is 6.50. The molecule has 1 aliphatic rings. The largest absolute Gasteiger partial charge is 0.494 e. The van der Waals surface area contributed by atoms with Gasteiger partial charge in [-0.3, -0.25) is 4.79 Å². The van der Waals surface area contributed by atoms with Crippen LogP contribution in [-0.2, 0) is 0 Å². The van der Waals surface area contributed by atoms with Gasteiger partial charge in [-0.05, 0) is 68.7 Å². The molecular formula is C25H38N4O4. The molecule has 3 rings (SSSR count). The predicted molar refractivity (Wildman–Crippen MR) is 128 cm³/mol. The summed E-state index contributed by atoms with van der Waals surface area (Å²) in [4.78, 5) is 19.0. The molecule has 0 spiro atoms. The van der Waals surface area contributed by atoms with Crippen molar-refractivity contribution < 1.29 is 19.2 Å². The molecule has 0 radical (unpaired) electrons. The summed E-state index contributed by atoms with van der Waals surface area (Å²) in [6, 6.07) is 5.89. The number of nitrogens with one attached hydrogen (secondary N) is 1. The number of nitrogens with zero attached hydrogens (tertiary/aromatic N) is 3. The number of amides is 1. The van der Waals surface area contributed by atoms with Crippen LogP contribution in [0.15, 0.2) is 22.7 Å². The summed E-state index contributed by atoms with van der Waals surface area (Å²) < 4.78 is 11.4. The maximum atomic E-state index is 12.3. The zero-order valence-corrected chi connectivity index (χ0v) is 20.5. The van der Waals surface area contributed by atoms with Gasteiger partial charge in [0, 0.05) is 30.6 Å². The van der Waals surface area contributed by atoms with E-state index in [1.807, 2.05) is 19.1 Å². The van der Waals surface area contributed by atoms with Crippen molar-refractivity contribution in [1.82, 2.24) is 15.5 Å². The van der Waals surface area contributed by atoms with Crippen molar-refractivity contribution in [1.29, 1.82) is 0 Å². The number of rotatable bonds is 10. The fourth-order valence-corrected chi connectivity index (χ4v) is 4.18. The molecule has 0 aliphatic carbocycles. The summed E-state index contributed by atoms with van der Waals surface area (Å²) >= 11 is 0. The molecule has 1 aromatic carbocycles. The number of benzene rings is 1. The quantitative estimate of drug-likeness (QED) is 0.556. The smallest absolute Gasteiger partial charge is 0.324 e. The van der Waals surface area contributed by atoms with Crippen LogP contribution in [0.1, 0.15) is 74.6 Å². The molecule has 1 fully saturated rings. The fourth-order valence-electron chi connectivity index (χ4n) is 4.18. The van der Waals surface area contributed by atoms with Crippen LogP contribution in [-0.4, -0.2) is 53.5 Å². The third-order valence-corrected chi connectivity index (χ3v) is 6.50. The summed E-state index contributed by atoms with van der Waals surface area (Å²) in [5.41, 5.74) is 1.46. The van der Waals surface area contributed by atoms with Crippen LogP contribution < -0.4 is 15.0 Å². The highest BCUT2D eigenvalue weighted by molar-refractivity contribution is 5.95. The second-order valence-corrected chi connectivity index (χ2v) is 9.56. The Bertz CT molecular complexity index is 906. The first-order chi connectivity index (χ1) is 15.8. The molecule has 1 saturated heterocycles. The molecule has 1 amide bonds. The van der Waals surface area contributed by atoms with E-state index in [-0.39, 0.29) is 24.5 Å². The van der Waals surface area contributed by atoms with Gasteiger partial charge in [-0.2, -0.15) is 4.98 Å². The molecule has 2 aromatic rings. The van der Waals surface area contributed by atoms with Gasteiger partial charge in [0.2, 0.25) is 0 Å². The van der Waals surface area contributed by atoms with Gasteiger partial charge in [0.25, 0.3) is 5.91 Å². The average molecular weight is 459 g/mol. The van der Waals surface area contributed by atoms with E-state index in [1.165, 1.54) is 0 Å². The van der Waals surface area contributed by atoms with Crippen molar-refractivity contribution >= 4 is 11.9 Å². The van der Waals surface area contributed by atoms with Gasteiger partial charge < -0.3 is 24.6 Å². The normalized spacial score (nSPS) is 16.6. The number of aryl methyl sites for hydroxylation is 1. The van der Waals surface area contributed by atoms with Crippen molar-refractivity contribution in [3.8, 4) is 5.75 Å². The van der Waals surface area contributed by atoms with Crippen LogP contribution in [0, 0.1) is 18.8 Å². The molecule has 182 valence electrons. The van der Waals surface area contributed by atoms with Crippen LogP contribution in [0.2, 0.25) is 0 Å². The van der Waals surface area contributed by atoms with Crippen LogP contribution in [0.25, 0.3) is 0 Å². The Hall–Kier alpha value is -2.61. The Labute approximate surface area is 196 Å². The molecule has 2 unspecified atom stereocenters. The van der Waals surface area contributed by atoms with Crippen molar-refractivity contribution in [2.75, 3.05) is 31.2 Å². The van der Waals surface area contributed by atoms with E-state index in [2.05, 4.69) is 41.1 Å². The Morgan fingerprint density at radius 2 is 2.00 bits per heavy atom. The van der Waals surface area contributed by atoms with Gasteiger partial charge >= 0.3 is 6.01 Å². The van der Waals surface area contributed by atoms with E-state index >= 15 is 0 Å². The summed E-state index contributed by atoms with van der Waals surface area (Å²) in [7, 11) is 0. The molecular weight excluding hydrogens is 420 g/mol. The number of aliphatic hydroxyl groups excluding tert-OH is 1. The molecule has 2 heterocycles. The number of hydrogen-bond donors (Lipinski definition) is 2. The van der Waals surface area contributed by atoms with Crippen LogP contribution in [0.4, 0.5) is 6.01 Å². The van der Waals surface area contributed by atoms with Gasteiger partial charge in [-0.25, -0.2) is 0 Å². The number of anilines is 1. The van der Waals surface area contributed by atoms with Crippen LogP contribution >= 0.6 is 0 Å². The van der Waals surface area contributed by atoms with Gasteiger partial charge in [-0.15, -0.1) is 0 Å². The lowest BCUT2D eigenvalue weighted by Gasteiger charge is -2.33. The molecule has 1 aromatic heterocycles. The zero-order valence-electron chi connectivity index (χ0n) is 20.5. The van der Waals surface area contributed by atoms with Crippen LogP contribution in [0.5, 0.6) is 5.75 Å². The SMILES string of the molecule is Cc1cc(OCCC(C)C2CCN(c3nc(C(C)C)no3)CC2)ccc1C(=O)NC(C)CO. The number of aliphatic hydroxyl groups is 1. The number of hydrogen-bond acceptors (Lipinski definition) is 7. The first kappa shape index (κ1) is 25.0. The zero-order chi connectivity index (χ0) is 24.0. The Kier molecular flexibility index (Phi) is 8.72. The molecule has 0 saturated carbocycles. The van der Waals surface area contributed by atoms with E-state index in [4.69, 9.17) is 14.4 Å². The van der Waals surface area contributed by atoms with Gasteiger partial charge in [0.05, 0.1) is 13.2 Å². The maximum Gasteiger partial charge on any atom is 0.324 e. The first-order valence-corrected chi connectivity index (χ1v) is 12.0. The molecule has 8 nitrogen and oxygen atoms in total. The molecule has 2 atom stereocenters. The molecule has 1 aliphatic heterocycles. The Balaban J connectivity index is 1.42. The summed E-state index contributed by atoms with van der Waals surface area (Å²) in [6.07, 6.45) is 3.20. The van der Waals surface area contributed by atoms with Crippen LogP contribution in [0.3, 0.4) is 0 Å². The summed E-state index contributed by atoms with van der Waals surface area (Å²) in [6.45, 7) is 12.5. The summed E-state index contributed by atoms with van der Waals surface area (Å²) in [5, 5.41) is 16.0. The highest BCUT2D eigenvalue weighted by Crippen LogP contribution is 2.30. The number of piperidine rings is 1. The average Bonchev–Trinajstić information content (AvgIpc) is 3.30. The third kappa shape index (κ3) is 6.69. The molecule has 33 heavy (non-hydrogen) atoms. The van der Waals surface area contributed by atoms with Gasteiger partial charge in [0.1, 0.15) is 5.75 Å². The monoisotopic (exact) mass is 458 g/mol. The number of carbonyl (C=O) groups is 1. The lowest BCUT2D eigenvalue weighted by Crippen LogP contribution is -2.36. The highest BCUT2D eigenvalue weighted by Gasteiger charge is 2.26. The number of aromatic nitrogens is 2. The van der Waals surface area contributed by atoms with Gasteiger partial charge in [-0.1, -0.05) is 25.9 Å². The topological polar surface area (TPSA) is 101 Å². The number of ether oxygens (including phenoxy) is 1. The van der Waals surface area contributed by atoms with Crippen molar-refractivity contribution in [2.45, 2.75) is 65.8 Å². The van der Waals surface area contributed by atoms with Crippen molar-refractivity contribution in [2.24, 2.45) is 11.8 Å². The highest BCUT2D eigenvalue weighted by atomic mass is 16.5. The lowest BCUT2D eigenvalue weighted by molar-refractivity contribution is 0.0921. The lowest BCUT2D eigenvalue weighted by atomic mass is 9.84. The first-order valence-electron chi connectivity index (χ1n) is 12.0. The second-order valence-electron chi connectivity index (χ2n) is 9.56. The minimum Gasteiger partial charge on any atom is -0.494 e. The van der Waals surface area contributed by atoms with E-state index in [0.29, 0.717) is 30.0 Å². The maximum absolute atomic E-state index is 12.3. The number of carbonyl (C=O) groups excluding carboxylic acids is 1. The summed E-state index contributed by atoms with van der Waals surface area (Å²) in [5.74, 6) is 2.85. The predicted octanol–water partition coefficient (Wildman–Crippen LogP) is 3.93. The minimum absolute atomic E-state index is 0.0841. The standard InChI is InChI=1S/C25H38N4O4/c1-16(2)23-27-25(33-28-23)29-11-8-20(9-12-29)17(3)10-13-32-21-6-7-22(18(4)14-21)24(31)26-19(5)15-30/h6-7,14,16-17,19-20,30H,8-13,15H2,1-5H3,(H,26,31). The fraction of sp³-hybridized carbons (Fsp3) is 0.640. The van der Waals surface area contributed by atoms with Gasteiger partial charge in [0.15, 0.2) is 5.82 Å². The van der Waals surface area contributed by atoms with E-state index in [9.17, 15) is 4.79 Å². The van der Waals surface area contributed by atoms with E-state index < -0.39 is 0 Å². The molecule has 2 N–H and O–H groups in total. The Morgan fingerprint density at radius 3 is 2.61 bits per heavy atom. The van der Waals surface area contributed by atoms with Crippen molar-refractivity contribution in [3.63, 3.8) is 0 Å². The second kappa shape index (κ2) is 11.5. The minimum atomic E-state index is -0.272. The Morgan fingerprint density at radius 1 is 1.27 bits per heavy atom.